The lowest BCUT2D eigenvalue weighted by atomic mass is 9.97. The lowest BCUT2D eigenvalue weighted by Crippen LogP contribution is -2.36. The van der Waals surface area contributed by atoms with E-state index >= 15 is 0 Å². The van der Waals surface area contributed by atoms with Gasteiger partial charge in [-0.2, -0.15) is 4.57 Å². The number of benzene rings is 3. The van der Waals surface area contributed by atoms with Crippen molar-refractivity contribution in [3.8, 4) is 50.5 Å². The third-order valence-corrected chi connectivity index (χ3v) is 6.32. The van der Waals surface area contributed by atoms with Crippen LogP contribution >= 0.6 is 0 Å². The normalized spacial score (nSPS) is 10.9. The molecule has 0 bridgehead atoms. The summed E-state index contributed by atoms with van der Waals surface area (Å²) < 4.78 is 2.39. The zero-order chi connectivity index (χ0) is 22.7. The van der Waals surface area contributed by atoms with E-state index in [2.05, 4.69) is 150 Å². The van der Waals surface area contributed by atoms with Crippen LogP contribution in [-0.4, -0.2) is 0 Å². The van der Waals surface area contributed by atoms with Gasteiger partial charge in [-0.3, -0.25) is 0 Å². The van der Waals surface area contributed by atoms with Crippen LogP contribution < -0.4 is 4.57 Å². The summed E-state index contributed by atoms with van der Waals surface area (Å²) >= 11 is 0. The molecule has 34 heavy (non-hydrogen) atoms. The fourth-order valence-corrected chi connectivity index (χ4v) is 4.71. The molecule has 1 heteroatoms. The molecule has 2 aliphatic carbocycles. The minimum atomic E-state index is 1.14. The van der Waals surface area contributed by atoms with Crippen LogP contribution in [0.1, 0.15) is 0 Å². The van der Waals surface area contributed by atoms with Crippen LogP contribution in [0.2, 0.25) is 0 Å². The quantitative estimate of drug-likeness (QED) is 0.247. The predicted octanol–water partition coefficient (Wildman–Crippen LogP) is 8.07. The molecule has 0 saturated heterocycles. The second-order valence-corrected chi connectivity index (χ2v) is 8.44. The van der Waals surface area contributed by atoms with E-state index in [1.165, 1.54) is 39.1 Å². The molecule has 2 aliphatic rings. The first kappa shape index (κ1) is 20.1. The molecule has 0 spiro atoms. The summed E-state index contributed by atoms with van der Waals surface area (Å²) in [6.07, 6.45) is 0. The topological polar surface area (TPSA) is 3.88 Å². The van der Waals surface area contributed by atoms with E-state index in [0.717, 1.165) is 11.4 Å². The molecule has 1 nitrogen and oxygen atoms in total. The molecule has 4 aromatic rings. The van der Waals surface area contributed by atoms with Gasteiger partial charge in [0, 0.05) is 29.8 Å². The first-order valence-corrected chi connectivity index (χ1v) is 11.6. The predicted molar refractivity (Wildman–Crippen MR) is 141 cm³/mol. The standard InChI is InChI=1S/C33H24N/c1-5-13-25(14-6-1)28-23-32(27-16-8-2-9-17-27)34(29-18-10-4-11-19-29)33(24-28)31-22-21-26-15-7-3-12-20-30(26)31/h1-24H/q+1. The van der Waals surface area contributed by atoms with Gasteiger partial charge in [-0.1, -0.05) is 103 Å². The van der Waals surface area contributed by atoms with Crippen molar-refractivity contribution in [1.29, 1.82) is 0 Å². The Morgan fingerprint density at radius 3 is 1.53 bits per heavy atom. The van der Waals surface area contributed by atoms with E-state index in [4.69, 9.17) is 0 Å². The molecule has 0 aliphatic heterocycles. The summed E-state index contributed by atoms with van der Waals surface area (Å²) in [7, 11) is 0. The molecule has 6 rings (SSSR count). The molecule has 1 aromatic heterocycles. The minimum absolute atomic E-state index is 1.14. The number of hydrogen-bond donors (Lipinski definition) is 0. The summed E-state index contributed by atoms with van der Waals surface area (Å²) in [5.74, 6) is 0. The van der Waals surface area contributed by atoms with Crippen molar-refractivity contribution in [1.82, 2.24) is 0 Å². The van der Waals surface area contributed by atoms with Crippen molar-refractivity contribution in [3.63, 3.8) is 0 Å². The Labute approximate surface area is 200 Å². The molecule has 0 unspecified atom stereocenters. The molecule has 0 amide bonds. The molecule has 0 radical (unpaired) electrons. The highest BCUT2D eigenvalue weighted by Crippen LogP contribution is 2.37. The van der Waals surface area contributed by atoms with Gasteiger partial charge in [-0.15, -0.1) is 0 Å². The Bertz CT molecular complexity index is 1520. The van der Waals surface area contributed by atoms with E-state index in [1.807, 2.05) is 0 Å². The molecule has 0 fully saturated rings. The van der Waals surface area contributed by atoms with Crippen molar-refractivity contribution in [2.24, 2.45) is 0 Å². The van der Waals surface area contributed by atoms with Gasteiger partial charge in [0.2, 0.25) is 17.1 Å². The molecule has 0 N–H and O–H groups in total. The number of para-hydroxylation sites is 1. The largest absolute Gasteiger partial charge is 0.220 e. The Morgan fingerprint density at radius 1 is 0.324 bits per heavy atom. The van der Waals surface area contributed by atoms with Gasteiger partial charge < -0.3 is 0 Å². The highest BCUT2D eigenvalue weighted by atomic mass is 15.0. The van der Waals surface area contributed by atoms with Crippen molar-refractivity contribution in [2.75, 3.05) is 0 Å². The summed E-state index contributed by atoms with van der Waals surface area (Å²) in [5, 5.41) is 0. The van der Waals surface area contributed by atoms with E-state index < -0.39 is 0 Å². The molecule has 1 heterocycles. The third-order valence-electron chi connectivity index (χ3n) is 6.32. The van der Waals surface area contributed by atoms with Crippen LogP contribution in [-0.2, 0) is 0 Å². The number of aromatic nitrogens is 1. The highest BCUT2D eigenvalue weighted by Gasteiger charge is 2.27. The summed E-state index contributed by atoms with van der Waals surface area (Å²) in [5.41, 5.74) is 10.8. The summed E-state index contributed by atoms with van der Waals surface area (Å²) in [6, 6.07) is 51.8. The zero-order valence-electron chi connectivity index (χ0n) is 18.8. The van der Waals surface area contributed by atoms with Crippen LogP contribution in [0.5, 0.6) is 0 Å². The van der Waals surface area contributed by atoms with E-state index in [1.54, 1.807) is 0 Å². The number of nitrogens with zero attached hydrogens (tertiary/aromatic N) is 1. The Morgan fingerprint density at radius 2 is 0.853 bits per heavy atom. The van der Waals surface area contributed by atoms with Gasteiger partial charge >= 0.3 is 0 Å². The van der Waals surface area contributed by atoms with Crippen molar-refractivity contribution in [3.05, 3.63) is 146 Å². The smallest absolute Gasteiger partial charge is 0.153 e. The van der Waals surface area contributed by atoms with Crippen LogP contribution in [0.4, 0.5) is 0 Å². The molecule has 0 saturated carbocycles. The number of fused-ring (bicyclic) bond motifs is 1. The van der Waals surface area contributed by atoms with Crippen LogP contribution in [0, 0.1) is 0 Å². The molecular weight excluding hydrogens is 410 g/mol. The van der Waals surface area contributed by atoms with Gasteiger partial charge in [0.25, 0.3) is 0 Å². The SMILES string of the molecule is c1ccc(-c2cc(-c3ccccc3)[n+](-c3ccccc3)c(-c3ccc4cccccc3-4)c2)cc1. The maximum atomic E-state index is 2.39. The average molecular weight is 435 g/mol. The molecule has 3 aromatic carbocycles. The second-order valence-electron chi connectivity index (χ2n) is 8.44. The van der Waals surface area contributed by atoms with Crippen LogP contribution in [0.3, 0.4) is 0 Å². The fraction of sp³-hybridized carbons (Fsp3) is 0. The van der Waals surface area contributed by atoms with Gasteiger partial charge in [0.1, 0.15) is 0 Å². The third kappa shape index (κ3) is 3.68. The number of rotatable bonds is 4. The van der Waals surface area contributed by atoms with Crippen LogP contribution in [0.15, 0.2) is 146 Å². The Balaban J connectivity index is 1.73. The average Bonchev–Trinajstić information content (AvgIpc) is 3.17. The molecular formula is C33H24N+. The fourth-order valence-electron chi connectivity index (χ4n) is 4.71. The van der Waals surface area contributed by atoms with Gasteiger partial charge in [0.05, 0.1) is 5.56 Å². The highest BCUT2D eigenvalue weighted by molar-refractivity contribution is 5.86. The second kappa shape index (κ2) is 8.80. The zero-order valence-corrected chi connectivity index (χ0v) is 18.8. The first-order valence-electron chi connectivity index (χ1n) is 11.6. The summed E-state index contributed by atoms with van der Waals surface area (Å²) in [6.45, 7) is 0. The number of pyridine rings is 1. The molecule has 160 valence electrons. The van der Waals surface area contributed by atoms with Gasteiger partial charge in [0.15, 0.2) is 0 Å². The molecule has 0 atom stereocenters. The maximum absolute atomic E-state index is 2.39. The Hall–Kier alpha value is -4.49. The van der Waals surface area contributed by atoms with E-state index in [0.29, 0.717) is 0 Å². The summed E-state index contributed by atoms with van der Waals surface area (Å²) in [4.78, 5) is 0. The van der Waals surface area contributed by atoms with Gasteiger partial charge in [-0.25, -0.2) is 0 Å². The number of hydrogen-bond acceptors (Lipinski definition) is 0. The minimum Gasteiger partial charge on any atom is -0.153 e. The van der Waals surface area contributed by atoms with Crippen molar-refractivity contribution >= 4 is 0 Å². The van der Waals surface area contributed by atoms with Gasteiger partial charge in [-0.05, 0) is 40.5 Å². The Kier molecular flexibility index (Phi) is 5.21. The van der Waals surface area contributed by atoms with Crippen molar-refractivity contribution < 1.29 is 4.57 Å². The van der Waals surface area contributed by atoms with Crippen LogP contribution in [0.25, 0.3) is 50.5 Å². The van der Waals surface area contributed by atoms with E-state index in [9.17, 15) is 0 Å². The lowest BCUT2D eigenvalue weighted by molar-refractivity contribution is -0.572. The maximum Gasteiger partial charge on any atom is 0.220 e. The monoisotopic (exact) mass is 434 g/mol. The first-order chi connectivity index (χ1) is 16.9. The van der Waals surface area contributed by atoms with Crippen molar-refractivity contribution in [2.45, 2.75) is 0 Å². The van der Waals surface area contributed by atoms with E-state index in [-0.39, 0.29) is 0 Å². The lowest BCUT2D eigenvalue weighted by Gasteiger charge is -2.13.